The van der Waals surface area contributed by atoms with Crippen LogP contribution in [0.2, 0.25) is 0 Å². The highest BCUT2D eigenvalue weighted by Gasteiger charge is 2.31. The molecule has 2 amide bonds. The molecular formula is C23H29N7O. The van der Waals surface area contributed by atoms with Crippen molar-refractivity contribution in [3.05, 3.63) is 49.1 Å². The lowest BCUT2D eigenvalue weighted by Crippen LogP contribution is -2.42. The molecule has 0 unspecified atom stereocenters. The number of carbonyl (C=O) groups excluding carboxylic acids is 1. The first-order valence-electron chi connectivity index (χ1n) is 10.9. The van der Waals surface area contributed by atoms with Crippen molar-refractivity contribution in [2.45, 2.75) is 46.2 Å². The maximum absolute atomic E-state index is 13.3. The largest absolute Gasteiger partial charge is 0.369 e. The Morgan fingerprint density at radius 2 is 2.10 bits per heavy atom. The Kier molecular flexibility index (Phi) is 6.16. The molecule has 1 atom stereocenters. The highest BCUT2D eigenvalue weighted by atomic mass is 16.2. The molecule has 0 saturated heterocycles. The number of carbonyl (C=O) groups is 1. The molecule has 0 bridgehead atoms. The van der Waals surface area contributed by atoms with E-state index in [0.717, 1.165) is 49.4 Å². The van der Waals surface area contributed by atoms with Gasteiger partial charge in [0.25, 0.3) is 0 Å². The number of urea groups is 1. The Hall–Kier alpha value is -3.42. The zero-order chi connectivity index (χ0) is 21.8. The highest BCUT2D eigenvalue weighted by molar-refractivity contribution is 6.03. The van der Waals surface area contributed by atoms with E-state index < -0.39 is 0 Å². The lowest BCUT2D eigenvalue weighted by molar-refractivity contribution is 0.255. The maximum Gasteiger partial charge on any atom is 0.327 e. The summed E-state index contributed by atoms with van der Waals surface area (Å²) in [4.78, 5) is 26.5. The summed E-state index contributed by atoms with van der Waals surface area (Å²) in [5.41, 5.74) is 3.39. The Morgan fingerprint density at radius 1 is 1.23 bits per heavy atom. The molecule has 8 nitrogen and oxygen atoms in total. The summed E-state index contributed by atoms with van der Waals surface area (Å²) < 4.78 is 1.93. The lowest BCUT2D eigenvalue weighted by atomic mass is 10.2. The van der Waals surface area contributed by atoms with Crippen LogP contribution in [0.5, 0.6) is 0 Å². The van der Waals surface area contributed by atoms with Crippen molar-refractivity contribution in [2.75, 3.05) is 28.2 Å². The van der Waals surface area contributed by atoms with Crippen molar-refractivity contribution in [3.8, 4) is 11.3 Å². The molecule has 1 aliphatic heterocycles. The second kappa shape index (κ2) is 9.16. The summed E-state index contributed by atoms with van der Waals surface area (Å²) in [7, 11) is 0. The fourth-order valence-corrected chi connectivity index (χ4v) is 3.92. The Labute approximate surface area is 182 Å². The topological polar surface area (TPSA) is 79.2 Å². The monoisotopic (exact) mass is 419 g/mol. The molecule has 0 aromatic carbocycles. The van der Waals surface area contributed by atoms with E-state index in [0.29, 0.717) is 11.5 Å². The van der Waals surface area contributed by atoms with Gasteiger partial charge in [-0.15, -0.1) is 0 Å². The van der Waals surface area contributed by atoms with Gasteiger partial charge in [-0.3, -0.25) is 14.6 Å². The third-order valence-electron chi connectivity index (χ3n) is 5.58. The van der Waals surface area contributed by atoms with Gasteiger partial charge in [0.1, 0.15) is 0 Å². The smallest absolute Gasteiger partial charge is 0.327 e. The SMILES string of the molecule is CCCn1cc(-c2ccc3c(n2)N(C(=O)Nc2cccnc2)[C@H](C)CCN3CC)cn1. The molecule has 3 aromatic rings. The molecule has 0 spiro atoms. The molecule has 31 heavy (non-hydrogen) atoms. The van der Waals surface area contributed by atoms with Gasteiger partial charge in [-0.1, -0.05) is 6.92 Å². The van der Waals surface area contributed by atoms with Gasteiger partial charge in [-0.05, 0) is 51.0 Å². The van der Waals surface area contributed by atoms with Crippen LogP contribution < -0.4 is 15.1 Å². The van der Waals surface area contributed by atoms with Crippen LogP contribution in [-0.4, -0.2) is 44.9 Å². The minimum atomic E-state index is -0.203. The summed E-state index contributed by atoms with van der Waals surface area (Å²) in [6, 6.07) is 7.52. The zero-order valence-corrected chi connectivity index (χ0v) is 18.3. The van der Waals surface area contributed by atoms with Crippen LogP contribution in [0.15, 0.2) is 49.1 Å². The first-order chi connectivity index (χ1) is 15.1. The minimum Gasteiger partial charge on any atom is -0.369 e. The molecule has 0 fully saturated rings. The van der Waals surface area contributed by atoms with Gasteiger partial charge < -0.3 is 10.2 Å². The van der Waals surface area contributed by atoms with Gasteiger partial charge >= 0.3 is 6.03 Å². The summed E-state index contributed by atoms with van der Waals surface area (Å²) in [5.74, 6) is 0.675. The number of nitrogens with one attached hydrogen (secondary N) is 1. The maximum atomic E-state index is 13.3. The number of hydrogen-bond donors (Lipinski definition) is 1. The second-order valence-electron chi connectivity index (χ2n) is 7.79. The van der Waals surface area contributed by atoms with Crippen molar-refractivity contribution >= 4 is 23.2 Å². The van der Waals surface area contributed by atoms with Gasteiger partial charge in [-0.25, -0.2) is 9.78 Å². The number of hydrogen-bond acceptors (Lipinski definition) is 5. The van der Waals surface area contributed by atoms with Crippen LogP contribution in [0.4, 0.5) is 22.0 Å². The van der Waals surface area contributed by atoms with E-state index in [1.54, 1.807) is 23.4 Å². The highest BCUT2D eigenvalue weighted by Crippen LogP contribution is 2.35. The molecule has 1 aliphatic rings. The standard InChI is InChI=1S/C23H29N7O/c1-4-12-29-16-18(14-25-29)20-8-9-21-22(27-20)30(17(3)10-13-28(21)5-2)23(31)26-19-7-6-11-24-15-19/h6-9,11,14-17H,4-5,10,12-13H2,1-3H3,(H,26,31)/t17-/m1/s1. The third kappa shape index (κ3) is 4.38. The van der Waals surface area contributed by atoms with E-state index in [-0.39, 0.29) is 12.1 Å². The number of amides is 2. The molecule has 0 saturated carbocycles. The van der Waals surface area contributed by atoms with E-state index in [2.05, 4.69) is 47.1 Å². The first-order valence-corrected chi connectivity index (χ1v) is 10.9. The van der Waals surface area contributed by atoms with E-state index in [4.69, 9.17) is 4.98 Å². The third-order valence-corrected chi connectivity index (χ3v) is 5.58. The van der Waals surface area contributed by atoms with Crippen molar-refractivity contribution in [3.63, 3.8) is 0 Å². The summed E-state index contributed by atoms with van der Waals surface area (Å²) >= 11 is 0. The predicted octanol–water partition coefficient (Wildman–Crippen LogP) is 4.41. The Balaban J connectivity index is 1.74. The Morgan fingerprint density at radius 3 is 2.84 bits per heavy atom. The molecule has 4 heterocycles. The number of anilines is 3. The molecule has 3 aromatic heterocycles. The van der Waals surface area contributed by atoms with E-state index in [1.165, 1.54) is 0 Å². The van der Waals surface area contributed by atoms with E-state index in [9.17, 15) is 4.79 Å². The number of nitrogens with zero attached hydrogens (tertiary/aromatic N) is 6. The van der Waals surface area contributed by atoms with Crippen LogP contribution >= 0.6 is 0 Å². The summed E-state index contributed by atoms with van der Waals surface area (Å²) in [6.07, 6.45) is 9.05. The van der Waals surface area contributed by atoms with Crippen LogP contribution in [0.1, 0.15) is 33.6 Å². The molecule has 0 aliphatic carbocycles. The number of fused-ring (bicyclic) bond motifs is 1. The first kappa shape index (κ1) is 20.8. The van der Waals surface area contributed by atoms with Crippen molar-refractivity contribution in [1.29, 1.82) is 0 Å². The average molecular weight is 420 g/mol. The number of aryl methyl sites for hydroxylation is 1. The van der Waals surface area contributed by atoms with Crippen molar-refractivity contribution in [2.24, 2.45) is 0 Å². The predicted molar refractivity (Wildman–Crippen MR) is 123 cm³/mol. The Bertz CT molecular complexity index is 1030. The zero-order valence-electron chi connectivity index (χ0n) is 18.3. The van der Waals surface area contributed by atoms with E-state index >= 15 is 0 Å². The van der Waals surface area contributed by atoms with Crippen LogP contribution in [-0.2, 0) is 6.54 Å². The fraction of sp³-hybridized carbons (Fsp3) is 0.391. The van der Waals surface area contributed by atoms with Crippen LogP contribution in [0.3, 0.4) is 0 Å². The minimum absolute atomic E-state index is 0.00228. The van der Waals surface area contributed by atoms with Crippen molar-refractivity contribution in [1.82, 2.24) is 19.7 Å². The fourth-order valence-electron chi connectivity index (χ4n) is 3.92. The molecule has 162 valence electrons. The summed E-state index contributed by atoms with van der Waals surface area (Å²) in [5, 5.41) is 7.41. The second-order valence-corrected chi connectivity index (χ2v) is 7.79. The van der Waals surface area contributed by atoms with Crippen molar-refractivity contribution < 1.29 is 4.79 Å². The number of aromatic nitrogens is 4. The van der Waals surface area contributed by atoms with E-state index in [1.807, 2.05) is 29.2 Å². The summed E-state index contributed by atoms with van der Waals surface area (Å²) in [6.45, 7) is 8.92. The van der Waals surface area contributed by atoms with Gasteiger partial charge in [0.15, 0.2) is 5.82 Å². The van der Waals surface area contributed by atoms with Crippen LogP contribution in [0, 0.1) is 0 Å². The number of pyridine rings is 2. The van der Waals surface area contributed by atoms with Crippen LogP contribution in [0.25, 0.3) is 11.3 Å². The molecule has 8 heteroatoms. The molecule has 4 rings (SSSR count). The quantitative estimate of drug-likeness (QED) is 0.663. The molecular weight excluding hydrogens is 390 g/mol. The van der Waals surface area contributed by atoms with Gasteiger partial charge in [0.05, 0.1) is 29.5 Å². The van der Waals surface area contributed by atoms with Gasteiger partial charge in [-0.2, -0.15) is 5.10 Å². The number of rotatable bonds is 5. The van der Waals surface area contributed by atoms with Gasteiger partial charge in [0, 0.05) is 43.6 Å². The molecule has 0 radical (unpaired) electrons. The average Bonchev–Trinajstić information content (AvgIpc) is 3.19. The normalized spacial score (nSPS) is 16.0. The molecule has 1 N–H and O–H groups in total. The van der Waals surface area contributed by atoms with Gasteiger partial charge in [0.2, 0.25) is 0 Å². The lowest BCUT2D eigenvalue weighted by Gasteiger charge is -2.28.